The number of hydrogen-bond donors (Lipinski definition) is 2. The van der Waals surface area contributed by atoms with E-state index in [1.807, 2.05) is 30.0 Å². The second-order valence-corrected chi connectivity index (χ2v) is 8.55. The third-order valence-electron chi connectivity index (χ3n) is 4.85. The molecule has 4 rings (SSSR count). The number of nitrogens with zero attached hydrogens (tertiary/aromatic N) is 1. The summed E-state index contributed by atoms with van der Waals surface area (Å²) in [5.74, 6) is 2.57. The predicted octanol–water partition coefficient (Wildman–Crippen LogP) is 5.83. The van der Waals surface area contributed by atoms with Gasteiger partial charge >= 0.3 is 0 Å². The number of fused-ring (bicyclic) bond motifs is 1. The number of nitrogens with one attached hydrogen (secondary N) is 2. The summed E-state index contributed by atoms with van der Waals surface area (Å²) in [6.07, 6.45) is 1.97. The normalized spacial score (nSPS) is 19.7. The Kier molecular flexibility index (Phi) is 5.04. The molecule has 7 heteroatoms. The Morgan fingerprint density at radius 2 is 1.81 bits per heavy atom. The van der Waals surface area contributed by atoms with Crippen molar-refractivity contribution in [3.05, 3.63) is 57.8 Å². The van der Waals surface area contributed by atoms with Crippen LogP contribution >= 0.6 is 35.0 Å². The molecule has 0 atom stereocenters. The van der Waals surface area contributed by atoms with Gasteiger partial charge < -0.3 is 10.6 Å². The van der Waals surface area contributed by atoms with Crippen LogP contribution in [0.2, 0.25) is 10.0 Å². The Labute approximate surface area is 166 Å². The molecule has 0 radical (unpaired) electrons. The zero-order chi connectivity index (χ0) is 18.1. The topological polar surface area (TPSA) is 36.4 Å². The monoisotopic (exact) mass is 409 g/mol. The van der Waals surface area contributed by atoms with Gasteiger partial charge in [0.15, 0.2) is 0 Å². The molecule has 2 heterocycles. The molecule has 0 amide bonds. The van der Waals surface area contributed by atoms with E-state index in [2.05, 4.69) is 16.7 Å². The van der Waals surface area contributed by atoms with E-state index in [0.29, 0.717) is 17.1 Å². The van der Waals surface area contributed by atoms with E-state index < -0.39 is 5.82 Å². The fourth-order valence-corrected chi connectivity index (χ4v) is 5.02. The molecule has 2 N–H and O–H groups in total. The van der Waals surface area contributed by atoms with Crippen molar-refractivity contribution in [1.82, 2.24) is 0 Å². The Balaban J connectivity index is 1.68. The fourth-order valence-electron chi connectivity index (χ4n) is 3.39. The van der Waals surface area contributed by atoms with Crippen molar-refractivity contribution in [3.8, 4) is 0 Å². The molecule has 2 aliphatic heterocycles. The molecule has 0 aromatic heterocycles. The van der Waals surface area contributed by atoms with Gasteiger partial charge in [-0.15, -0.1) is 0 Å². The number of para-hydroxylation sites is 2. The smallest absolute Gasteiger partial charge is 0.142 e. The van der Waals surface area contributed by atoms with Gasteiger partial charge in [-0.2, -0.15) is 11.8 Å². The highest BCUT2D eigenvalue weighted by molar-refractivity contribution is 7.99. The van der Waals surface area contributed by atoms with Gasteiger partial charge in [-0.1, -0.05) is 35.3 Å². The van der Waals surface area contributed by atoms with Crippen LogP contribution in [-0.2, 0) is 6.54 Å². The van der Waals surface area contributed by atoms with Gasteiger partial charge in [0.1, 0.15) is 11.7 Å². The quantitative estimate of drug-likeness (QED) is 0.612. The lowest BCUT2D eigenvalue weighted by Gasteiger charge is -2.43. The summed E-state index contributed by atoms with van der Waals surface area (Å²) < 4.78 is 13.8. The van der Waals surface area contributed by atoms with Crippen LogP contribution in [0.3, 0.4) is 0 Å². The van der Waals surface area contributed by atoms with Gasteiger partial charge in [0.05, 0.1) is 28.5 Å². The minimum absolute atomic E-state index is 0.0264. The highest BCUT2D eigenvalue weighted by Crippen LogP contribution is 2.39. The molecule has 0 unspecified atom stereocenters. The summed E-state index contributed by atoms with van der Waals surface area (Å²) in [4.78, 5) is 4.80. The first-order valence-electron chi connectivity index (χ1n) is 8.48. The number of amidine groups is 1. The molecule has 1 fully saturated rings. The van der Waals surface area contributed by atoms with E-state index in [1.54, 1.807) is 0 Å². The molecule has 1 spiro atoms. The van der Waals surface area contributed by atoms with Crippen molar-refractivity contribution < 1.29 is 4.39 Å². The van der Waals surface area contributed by atoms with Crippen LogP contribution < -0.4 is 10.6 Å². The van der Waals surface area contributed by atoms with E-state index in [9.17, 15) is 4.39 Å². The number of hydrogen-bond acceptors (Lipinski definition) is 3. The molecule has 2 aliphatic rings. The molecule has 26 heavy (non-hydrogen) atoms. The Hall–Kier alpha value is -1.43. The van der Waals surface area contributed by atoms with Crippen LogP contribution in [0.25, 0.3) is 0 Å². The number of thioether (sulfide) groups is 1. The van der Waals surface area contributed by atoms with Crippen molar-refractivity contribution in [2.45, 2.75) is 24.9 Å². The third kappa shape index (κ3) is 3.40. The van der Waals surface area contributed by atoms with Crippen LogP contribution in [0.1, 0.15) is 18.4 Å². The van der Waals surface area contributed by atoms with E-state index >= 15 is 0 Å². The van der Waals surface area contributed by atoms with E-state index in [4.69, 9.17) is 28.2 Å². The molecular formula is C19H18Cl2FN3S. The van der Waals surface area contributed by atoms with Gasteiger partial charge in [-0.3, -0.25) is 4.99 Å². The molecule has 2 aromatic rings. The molecule has 1 saturated heterocycles. The van der Waals surface area contributed by atoms with Crippen LogP contribution in [-0.4, -0.2) is 22.9 Å². The highest BCUT2D eigenvalue weighted by Gasteiger charge is 2.41. The van der Waals surface area contributed by atoms with E-state index in [-0.39, 0.29) is 10.6 Å². The zero-order valence-electron chi connectivity index (χ0n) is 14.0. The standard InChI is InChI=1S/C19H18Cl2FN3S/c20-13-10-14(21)15(22)9-12(13)11-23-18-19(5-7-26-8-6-19)25-17-4-2-1-3-16(17)24-18/h1-4,9-10,25H,5-8,11H2,(H,23,24). The maximum absolute atomic E-state index is 13.8. The molecule has 0 bridgehead atoms. The number of rotatable bonds is 2. The van der Waals surface area contributed by atoms with Gasteiger partial charge in [0.25, 0.3) is 0 Å². The number of aliphatic imine (C=N–C) groups is 1. The molecular weight excluding hydrogens is 392 g/mol. The Morgan fingerprint density at radius 1 is 1.08 bits per heavy atom. The molecule has 136 valence electrons. The average Bonchev–Trinajstić information content (AvgIpc) is 2.64. The minimum Gasteiger partial charge on any atom is -0.371 e. The fraction of sp³-hybridized carbons (Fsp3) is 0.316. The van der Waals surface area contributed by atoms with Crippen LogP contribution in [0.15, 0.2) is 41.4 Å². The molecule has 2 aromatic carbocycles. The SMILES string of the molecule is Fc1cc(CN=C2Nc3ccccc3NC23CCSCC3)c(Cl)cc1Cl. The summed E-state index contributed by atoms with van der Waals surface area (Å²) in [6.45, 7) is 0.300. The molecule has 3 nitrogen and oxygen atoms in total. The molecule has 0 aliphatic carbocycles. The maximum Gasteiger partial charge on any atom is 0.142 e. The third-order valence-corrected chi connectivity index (χ3v) is 6.48. The first-order chi connectivity index (χ1) is 12.6. The Morgan fingerprint density at radius 3 is 2.58 bits per heavy atom. The Bertz CT molecular complexity index is 866. The second-order valence-electron chi connectivity index (χ2n) is 6.51. The van der Waals surface area contributed by atoms with Gasteiger partial charge in [0, 0.05) is 5.02 Å². The second kappa shape index (κ2) is 7.29. The predicted molar refractivity (Wildman–Crippen MR) is 111 cm³/mol. The van der Waals surface area contributed by atoms with Gasteiger partial charge in [-0.25, -0.2) is 4.39 Å². The maximum atomic E-state index is 13.8. The van der Waals surface area contributed by atoms with Crippen LogP contribution in [0.4, 0.5) is 15.8 Å². The lowest BCUT2D eigenvalue weighted by molar-refractivity contribution is 0.559. The number of benzene rings is 2. The minimum atomic E-state index is -0.477. The largest absolute Gasteiger partial charge is 0.371 e. The summed E-state index contributed by atoms with van der Waals surface area (Å²) in [5, 5.41) is 7.64. The zero-order valence-corrected chi connectivity index (χ0v) is 16.3. The van der Waals surface area contributed by atoms with Crippen molar-refractivity contribution in [1.29, 1.82) is 0 Å². The lowest BCUT2D eigenvalue weighted by Crippen LogP contribution is -2.54. The van der Waals surface area contributed by atoms with Crippen LogP contribution in [0, 0.1) is 5.82 Å². The van der Waals surface area contributed by atoms with Crippen LogP contribution in [0.5, 0.6) is 0 Å². The van der Waals surface area contributed by atoms with Crippen molar-refractivity contribution in [2.75, 3.05) is 22.1 Å². The number of anilines is 2. The summed E-state index contributed by atoms with van der Waals surface area (Å²) in [6, 6.07) is 10.9. The lowest BCUT2D eigenvalue weighted by atomic mass is 9.87. The van der Waals surface area contributed by atoms with Gasteiger partial charge in [-0.05, 0) is 54.2 Å². The molecule has 0 saturated carbocycles. The summed E-state index contributed by atoms with van der Waals surface area (Å²) in [5.41, 5.74) is 2.51. The highest BCUT2D eigenvalue weighted by atomic mass is 35.5. The van der Waals surface area contributed by atoms with Gasteiger partial charge in [0.2, 0.25) is 0 Å². The first-order valence-corrected chi connectivity index (χ1v) is 10.4. The van der Waals surface area contributed by atoms with Crippen molar-refractivity contribution in [2.24, 2.45) is 4.99 Å². The summed E-state index contributed by atoms with van der Waals surface area (Å²) in [7, 11) is 0. The van der Waals surface area contributed by atoms with E-state index in [0.717, 1.165) is 41.6 Å². The average molecular weight is 410 g/mol. The van der Waals surface area contributed by atoms with Crippen molar-refractivity contribution >= 4 is 52.2 Å². The first kappa shape index (κ1) is 18.0. The summed E-state index contributed by atoms with van der Waals surface area (Å²) >= 11 is 14.0. The van der Waals surface area contributed by atoms with Crippen molar-refractivity contribution in [3.63, 3.8) is 0 Å². The number of halogens is 3. The van der Waals surface area contributed by atoms with E-state index in [1.165, 1.54) is 12.1 Å².